The number of nitrogens with one attached hydrogen (secondary N) is 1. The normalized spacial score (nSPS) is 19.2. The first-order valence-corrected chi connectivity index (χ1v) is 13.2. The van der Waals surface area contributed by atoms with Crippen molar-refractivity contribution in [3.8, 4) is 5.75 Å². The Balaban J connectivity index is 1.43. The number of aryl methyl sites for hydroxylation is 1. The number of para-hydroxylation sites is 1. The zero-order valence-corrected chi connectivity index (χ0v) is 21.5. The number of likely N-dealkylation sites (tertiary alicyclic amines) is 1. The summed E-state index contributed by atoms with van der Waals surface area (Å²) in [6.45, 7) is 7.01. The molecule has 1 N–H and O–H groups in total. The number of hydrogen-bond acceptors (Lipinski definition) is 4. The van der Waals surface area contributed by atoms with Crippen LogP contribution in [0.4, 0.5) is 0 Å². The van der Waals surface area contributed by atoms with Crippen molar-refractivity contribution < 1.29 is 14.3 Å². The summed E-state index contributed by atoms with van der Waals surface area (Å²) in [5.74, 6) is 1.14. The summed E-state index contributed by atoms with van der Waals surface area (Å²) >= 11 is 0. The van der Waals surface area contributed by atoms with Gasteiger partial charge in [-0.3, -0.25) is 14.3 Å². The molecule has 0 radical (unpaired) electrons. The Hall–Kier alpha value is -2.83. The van der Waals surface area contributed by atoms with E-state index in [-0.39, 0.29) is 17.2 Å². The lowest BCUT2D eigenvalue weighted by Gasteiger charge is -2.42. The van der Waals surface area contributed by atoms with E-state index in [1.807, 2.05) is 42.3 Å². The first-order valence-electron chi connectivity index (χ1n) is 13.2. The molecule has 190 valence electrons. The lowest BCUT2D eigenvalue weighted by molar-refractivity contribution is 0.0527. The van der Waals surface area contributed by atoms with E-state index >= 15 is 0 Å². The standard InChI is InChI=1S/C28H40N4O3/c1-21(2)18-22-19-24(31(3)30-22)27(34)32-15-13-28(14-16-32)12-8-4-5-9-17-35-25-11-7-6-10-23(25)26(33)29-20-28/h6-7,10-11,19,21H,4-5,8-9,12-18,20H2,1-3H3,(H,29,33). The molecule has 2 amide bonds. The van der Waals surface area contributed by atoms with Crippen LogP contribution in [0.2, 0.25) is 0 Å². The minimum absolute atomic E-state index is 0.0194. The maximum atomic E-state index is 13.3. The molecule has 0 bridgehead atoms. The second-order valence-corrected chi connectivity index (χ2v) is 10.7. The third kappa shape index (κ3) is 6.24. The predicted octanol–water partition coefficient (Wildman–Crippen LogP) is 4.61. The summed E-state index contributed by atoms with van der Waals surface area (Å²) in [6, 6.07) is 9.45. The van der Waals surface area contributed by atoms with Crippen molar-refractivity contribution in [1.82, 2.24) is 20.0 Å². The van der Waals surface area contributed by atoms with Crippen LogP contribution in [0.1, 0.15) is 85.3 Å². The summed E-state index contributed by atoms with van der Waals surface area (Å²) < 4.78 is 7.64. The minimum atomic E-state index is -0.0784. The molecule has 1 aromatic carbocycles. The van der Waals surface area contributed by atoms with Crippen molar-refractivity contribution in [1.29, 1.82) is 0 Å². The first-order chi connectivity index (χ1) is 16.9. The molecule has 1 fully saturated rings. The molecule has 0 unspecified atom stereocenters. The Morgan fingerprint density at radius 1 is 1.11 bits per heavy atom. The third-order valence-electron chi connectivity index (χ3n) is 7.49. The number of ether oxygens (including phenoxy) is 1. The number of fused-ring (bicyclic) bond motifs is 1. The van der Waals surface area contributed by atoms with Gasteiger partial charge in [0.2, 0.25) is 0 Å². The molecule has 7 heteroatoms. The monoisotopic (exact) mass is 480 g/mol. The van der Waals surface area contributed by atoms with Crippen molar-refractivity contribution in [3.63, 3.8) is 0 Å². The lowest BCUT2D eigenvalue weighted by Crippen LogP contribution is -2.48. The van der Waals surface area contributed by atoms with Gasteiger partial charge in [-0.15, -0.1) is 0 Å². The number of hydrogen-bond donors (Lipinski definition) is 1. The summed E-state index contributed by atoms with van der Waals surface area (Å²) in [5.41, 5.74) is 2.26. The van der Waals surface area contributed by atoms with E-state index in [1.54, 1.807) is 4.68 Å². The van der Waals surface area contributed by atoms with E-state index in [4.69, 9.17) is 4.74 Å². The topological polar surface area (TPSA) is 76.5 Å². The van der Waals surface area contributed by atoms with Crippen molar-refractivity contribution >= 4 is 11.8 Å². The van der Waals surface area contributed by atoms with Crippen LogP contribution < -0.4 is 10.1 Å². The van der Waals surface area contributed by atoms with Gasteiger partial charge in [-0.05, 0) is 61.6 Å². The van der Waals surface area contributed by atoms with E-state index in [2.05, 4.69) is 24.3 Å². The fourth-order valence-electron chi connectivity index (χ4n) is 5.39. The van der Waals surface area contributed by atoms with Crippen LogP contribution in [-0.4, -0.2) is 52.7 Å². The largest absolute Gasteiger partial charge is 0.493 e. The van der Waals surface area contributed by atoms with Crippen molar-refractivity contribution in [2.24, 2.45) is 18.4 Å². The highest BCUT2D eigenvalue weighted by molar-refractivity contribution is 5.97. The van der Waals surface area contributed by atoms with Crippen LogP contribution in [0.3, 0.4) is 0 Å². The molecule has 1 saturated heterocycles. The minimum Gasteiger partial charge on any atom is -0.493 e. The van der Waals surface area contributed by atoms with Gasteiger partial charge in [-0.2, -0.15) is 5.10 Å². The first kappa shape index (κ1) is 25.3. The van der Waals surface area contributed by atoms with E-state index in [9.17, 15) is 9.59 Å². The lowest BCUT2D eigenvalue weighted by atomic mass is 9.74. The Labute approximate surface area is 209 Å². The fourth-order valence-corrected chi connectivity index (χ4v) is 5.39. The highest BCUT2D eigenvalue weighted by Gasteiger charge is 2.37. The van der Waals surface area contributed by atoms with Gasteiger partial charge in [0.1, 0.15) is 11.4 Å². The summed E-state index contributed by atoms with van der Waals surface area (Å²) in [5, 5.41) is 7.76. The van der Waals surface area contributed by atoms with Crippen molar-refractivity contribution in [2.75, 3.05) is 26.2 Å². The zero-order valence-electron chi connectivity index (χ0n) is 21.5. The molecule has 0 saturated carbocycles. The van der Waals surface area contributed by atoms with Crippen LogP contribution in [-0.2, 0) is 13.5 Å². The quantitative estimate of drug-likeness (QED) is 0.696. The van der Waals surface area contributed by atoms with E-state index in [1.165, 1.54) is 0 Å². The van der Waals surface area contributed by atoms with Gasteiger partial charge in [-0.25, -0.2) is 0 Å². The number of benzene rings is 1. The highest BCUT2D eigenvalue weighted by Crippen LogP contribution is 2.37. The Bertz CT molecular complexity index is 1020. The Morgan fingerprint density at radius 2 is 1.86 bits per heavy atom. The van der Waals surface area contributed by atoms with Gasteiger partial charge in [0.25, 0.3) is 11.8 Å². The molecule has 0 atom stereocenters. The van der Waals surface area contributed by atoms with Crippen LogP contribution >= 0.6 is 0 Å². The average molecular weight is 481 g/mol. The molecule has 3 heterocycles. The summed E-state index contributed by atoms with van der Waals surface area (Å²) in [6.07, 6.45) is 8.16. The molecular formula is C28H40N4O3. The van der Waals surface area contributed by atoms with Crippen LogP contribution in [0.5, 0.6) is 5.75 Å². The number of piperidine rings is 1. The van der Waals surface area contributed by atoms with Gasteiger partial charge in [0.15, 0.2) is 0 Å². The molecule has 1 aromatic heterocycles. The van der Waals surface area contributed by atoms with Gasteiger partial charge < -0.3 is 15.0 Å². The SMILES string of the molecule is CC(C)Cc1cc(C(=O)N2CCC3(CCCCCCOc4ccccc4C(=O)NC3)CC2)n(C)n1. The van der Waals surface area contributed by atoms with E-state index < -0.39 is 0 Å². The average Bonchev–Trinajstić information content (AvgIpc) is 3.21. The molecular weight excluding hydrogens is 440 g/mol. The molecule has 0 aliphatic carbocycles. The Kier molecular flexibility index (Phi) is 8.14. The molecule has 2 aromatic rings. The third-order valence-corrected chi connectivity index (χ3v) is 7.49. The van der Waals surface area contributed by atoms with Crippen molar-refractivity contribution in [3.05, 3.63) is 47.3 Å². The van der Waals surface area contributed by atoms with Gasteiger partial charge >= 0.3 is 0 Å². The second kappa shape index (κ2) is 11.3. The number of nitrogens with zero attached hydrogens (tertiary/aromatic N) is 3. The van der Waals surface area contributed by atoms with Crippen molar-refractivity contribution in [2.45, 2.75) is 65.2 Å². The molecule has 35 heavy (non-hydrogen) atoms. The number of carbonyl (C=O) groups excluding carboxylic acids is 2. The van der Waals surface area contributed by atoms with E-state index in [0.717, 1.165) is 57.1 Å². The van der Waals surface area contributed by atoms with Crippen LogP contribution in [0, 0.1) is 11.3 Å². The molecule has 7 nitrogen and oxygen atoms in total. The van der Waals surface area contributed by atoms with Gasteiger partial charge in [0.05, 0.1) is 17.9 Å². The maximum Gasteiger partial charge on any atom is 0.272 e. The van der Waals surface area contributed by atoms with Crippen LogP contribution in [0.25, 0.3) is 0 Å². The van der Waals surface area contributed by atoms with Gasteiger partial charge in [-0.1, -0.05) is 45.2 Å². The molecule has 1 spiro atoms. The van der Waals surface area contributed by atoms with Crippen LogP contribution in [0.15, 0.2) is 30.3 Å². The number of aromatic nitrogens is 2. The maximum absolute atomic E-state index is 13.3. The Morgan fingerprint density at radius 3 is 2.63 bits per heavy atom. The summed E-state index contributed by atoms with van der Waals surface area (Å²) in [7, 11) is 1.86. The number of rotatable bonds is 3. The molecule has 2 aliphatic rings. The second-order valence-electron chi connectivity index (χ2n) is 10.7. The predicted molar refractivity (Wildman–Crippen MR) is 137 cm³/mol. The molecule has 4 rings (SSSR count). The molecule has 2 aliphatic heterocycles. The highest BCUT2D eigenvalue weighted by atomic mass is 16.5. The smallest absolute Gasteiger partial charge is 0.272 e. The number of carbonyl (C=O) groups is 2. The zero-order chi connectivity index (χ0) is 24.8. The summed E-state index contributed by atoms with van der Waals surface area (Å²) in [4.78, 5) is 28.3. The van der Waals surface area contributed by atoms with Gasteiger partial charge in [0, 0.05) is 26.7 Å². The fraction of sp³-hybridized carbons (Fsp3) is 0.607. The van der Waals surface area contributed by atoms with E-state index in [0.29, 0.717) is 49.2 Å². The number of amides is 2.